The standard InChI is InChI=1S/C22H30FN5O3.ClH/c23-18-13-16(28-11-9-27(10-12-28)14-15-5-7-24-8-6-15)1-2-17(18)21(30)25-19-3-4-20(29)26-22(19)31;/h1-2,13,15,19,24H,3-12,14H2,(H,25,30)(H,26,29,31);1H. The largest absolute Gasteiger partial charge is 0.369 e. The minimum absolute atomic E-state index is 0. The maximum atomic E-state index is 14.7. The summed E-state index contributed by atoms with van der Waals surface area (Å²) in [4.78, 5) is 40.1. The van der Waals surface area contributed by atoms with E-state index in [9.17, 15) is 18.8 Å². The third kappa shape index (κ3) is 5.96. The van der Waals surface area contributed by atoms with E-state index in [0.29, 0.717) is 0 Å². The molecule has 0 saturated carbocycles. The van der Waals surface area contributed by atoms with Crippen molar-refractivity contribution in [1.82, 2.24) is 20.9 Å². The Morgan fingerprint density at radius 3 is 2.47 bits per heavy atom. The Hall–Kier alpha value is -2.23. The number of nitrogens with one attached hydrogen (secondary N) is 3. The molecule has 0 bridgehead atoms. The van der Waals surface area contributed by atoms with Crippen molar-refractivity contribution in [3.05, 3.63) is 29.6 Å². The van der Waals surface area contributed by atoms with Gasteiger partial charge in [0.15, 0.2) is 0 Å². The third-order valence-electron chi connectivity index (χ3n) is 6.45. The molecule has 3 aliphatic rings. The number of hydrogen-bond acceptors (Lipinski definition) is 6. The van der Waals surface area contributed by atoms with Crippen LogP contribution in [0.5, 0.6) is 0 Å². The summed E-state index contributed by atoms with van der Waals surface area (Å²) in [6.45, 7) is 6.88. The highest BCUT2D eigenvalue weighted by atomic mass is 35.5. The number of hydrogen-bond donors (Lipinski definition) is 3. The van der Waals surface area contributed by atoms with Crippen LogP contribution < -0.4 is 20.9 Å². The van der Waals surface area contributed by atoms with Gasteiger partial charge < -0.3 is 15.5 Å². The van der Waals surface area contributed by atoms with Gasteiger partial charge in [-0.15, -0.1) is 12.4 Å². The fourth-order valence-electron chi connectivity index (χ4n) is 4.57. The summed E-state index contributed by atoms with van der Waals surface area (Å²) >= 11 is 0. The highest BCUT2D eigenvalue weighted by molar-refractivity contribution is 6.03. The fraction of sp³-hybridized carbons (Fsp3) is 0.591. The summed E-state index contributed by atoms with van der Waals surface area (Å²) in [5.41, 5.74) is 0.662. The molecule has 1 unspecified atom stereocenters. The van der Waals surface area contributed by atoms with Crippen LogP contribution in [0.3, 0.4) is 0 Å². The van der Waals surface area contributed by atoms with Crippen LogP contribution in [0.25, 0.3) is 0 Å². The summed E-state index contributed by atoms with van der Waals surface area (Å²) in [5, 5.41) is 8.10. The quantitative estimate of drug-likeness (QED) is 0.557. The number of benzene rings is 1. The van der Waals surface area contributed by atoms with Crippen LogP contribution in [0.4, 0.5) is 10.1 Å². The topological polar surface area (TPSA) is 93.8 Å². The van der Waals surface area contributed by atoms with Crippen molar-refractivity contribution in [3.63, 3.8) is 0 Å². The van der Waals surface area contributed by atoms with Crippen LogP contribution in [0.1, 0.15) is 36.0 Å². The molecule has 1 aromatic carbocycles. The van der Waals surface area contributed by atoms with Gasteiger partial charge in [-0.25, -0.2) is 4.39 Å². The molecule has 32 heavy (non-hydrogen) atoms. The molecule has 0 aliphatic carbocycles. The Morgan fingerprint density at radius 2 is 1.81 bits per heavy atom. The maximum absolute atomic E-state index is 14.7. The number of piperazine rings is 1. The number of imide groups is 1. The lowest BCUT2D eigenvalue weighted by Gasteiger charge is -2.38. The average Bonchev–Trinajstić information content (AvgIpc) is 2.77. The minimum Gasteiger partial charge on any atom is -0.369 e. The van der Waals surface area contributed by atoms with Crippen LogP contribution in [0.2, 0.25) is 0 Å². The lowest BCUT2D eigenvalue weighted by molar-refractivity contribution is -0.134. The van der Waals surface area contributed by atoms with Crippen LogP contribution in [-0.4, -0.2) is 74.5 Å². The Kier molecular flexibility index (Phi) is 8.44. The van der Waals surface area contributed by atoms with Crippen molar-refractivity contribution in [3.8, 4) is 0 Å². The first-order chi connectivity index (χ1) is 15.0. The molecule has 0 aromatic heterocycles. The second kappa shape index (κ2) is 11.1. The van der Waals surface area contributed by atoms with Crippen LogP contribution in [0, 0.1) is 11.7 Å². The number of amides is 3. The number of halogens is 2. The molecule has 8 nitrogen and oxygen atoms in total. The number of nitrogens with zero attached hydrogens (tertiary/aromatic N) is 2. The molecule has 3 aliphatic heterocycles. The van der Waals surface area contributed by atoms with Gasteiger partial charge in [-0.3, -0.25) is 24.6 Å². The molecule has 4 rings (SSSR count). The molecule has 3 N–H and O–H groups in total. The predicted octanol–water partition coefficient (Wildman–Crippen LogP) is 0.904. The van der Waals surface area contributed by atoms with Crippen LogP contribution in [-0.2, 0) is 9.59 Å². The molecule has 1 atom stereocenters. The van der Waals surface area contributed by atoms with Crippen molar-refractivity contribution >= 4 is 35.8 Å². The Bertz CT molecular complexity index is 841. The van der Waals surface area contributed by atoms with Crippen molar-refractivity contribution in [1.29, 1.82) is 0 Å². The third-order valence-corrected chi connectivity index (χ3v) is 6.45. The molecule has 3 amide bonds. The highest BCUT2D eigenvalue weighted by Crippen LogP contribution is 2.22. The molecule has 0 radical (unpaired) electrons. The molecule has 10 heteroatoms. The molecule has 176 valence electrons. The Morgan fingerprint density at radius 1 is 1.09 bits per heavy atom. The number of rotatable bonds is 5. The van der Waals surface area contributed by atoms with Gasteiger partial charge in [0.25, 0.3) is 5.91 Å². The van der Waals surface area contributed by atoms with Gasteiger partial charge in [0, 0.05) is 44.8 Å². The van der Waals surface area contributed by atoms with E-state index in [4.69, 9.17) is 0 Å². The lowest BCUT2D eigenvalue weighted by Crippen LogP contribution is -2.52. The first kappa shape index (κ1) is 24.4. The van der Waals surface area contributed by atoms with Crippen LogP contribution in [0.15, 0.2) is 18.2 Å². The number of piperidine rings is 2. The maximum Gasteiger partial charge on any atom is 0.254 e. The molecule has 1 aromatic rings. The lowest BCUT2D eigenvalue weighted by atomic mass is 9.97. The zero-order valence-electron chi connectivity index (χ0n) is 18.1. The van der Waals surface area contributed by atoms with Gasteiger partial charge in [-0.05, 0) is 56.5 Å². The number of carbonyl (C=O) groups excluding carboxylic acids is 3. The van der Waals surface area contributed by atoms with Gasteiger partial charge >= 0.3 is 0 Å². The summed E-state index contributed by atoms with van der Waals surface area (Å²) in [6.07, 6.45) is 2.83. The number of anilines is 1. The molecule has 3 saturated heterocycles. The van der Waals surface area contributed by atoms with E-state index in [1.165, 1.54) is 25.0 Å². The van der Waals surface area contributed by atoms with Crippen molar-refractivity contribution in [2.24, 2.45) is 5.92 Å². The first-order valence-electron chi connectivity index (χ1n) is 11.1. The predicted molar refractivity (Wildman–Crippen MR) is 122 cm³/mol. The second-order valence-electron chi connectivity index (χ2n) is 8.62. The normalized spacial score (nSPS) is 22.8. The smallest absolute Gasteiger partial charge is 0.254 e. The molecule has 3 heterocycles. The van der Waals surface area contributed by atoms with E-state index in [0.717, 1.165) is 57.4 Å². The van der Waals surface area contributed by atoms with E-state index < -0.39 is 23.7 Å². The van der Waals surface area contributed by atoms with Gasteiger partial charge in [0.1, 0.15) is 11.9 Å². The van der Waals surface area contributed by atoms with E-state index in [2.05, 4.69) is 25.8 Å². The number of carbonyl (C=O) groups is 3. The minimum atomic E-state index is -0.822. The fourth-order valence-corrected chi connectivity index (χ4v) is 4.57. The summed E-state index contributed by atoms with van der Waals surface area (Å²) in [6, 6.07) is 3.79. The second-order valence-corrected chi connectivity index (χ2v) is 8.62. The van der Waals surface area contributed by atoms with Gasteiger partial charge in [0.2, 0.25) is 11.8 Å². The van der Waals surface area contributed by atoms with Crippen molar-refractivity contribution < 1.29 is 18.8 Å². The van der Waals surface area contributed by atoms with E-state index in [1.54, 1.807) is 6.07 Å². The summed E-state index contributed by atoms with van der Waals surface area (Å²) < 4.78 is 14.7. The van der Waals surface area contributed by atoms with Gasteiger partial charge in [-0.2, -0.15) is 0 Å². The Labute approximate surface area is 193 Å². The SMILES string of the molecule is Cl.O=C1CCC(NC(=O)c2ccc(N3CCN(CC4CCNCC4)CC3)cc2F)C(=O)N1. The van der Waals surface area contributed by atoms with Gasteiger partial charge in [0.05, 0.1) is 5.56 Å². The van der Waals surface area contributed by atoms with E-state index in [1.807, 2.05) is 0 Å². The Balaban J connectivity index is 0.00000289. The van der Waals surface area contributed by atoms with Crippen molar-refractivity contribution in [2.75, 3.05) is 50.7 Å². The molecular weight excluding hydrogens is 437 g/mol. The average molecular weight is 468 g/mol. The van der Waals surface area contributed by atoms with Crippen molar-refractivity contribution in [2.45, 2.75) is 31.7 Å². The zero-order valence-corrected chi connectivity index (χ0v) is 18.9. The molecule has 0 spiro atoms. The van der Waals surface area contributed by atoms with Gasteiger partial charge in [-0.1, -0.05) is 0 Å². The molecular formula is C22H31ClFN5O3. The molecule has 3 fully saturated rings. The van der Waals surface area contributed by atoms with E-state index >= 15 is 0 Å². The van der Waals surface area contributed by atoms with E-state index in [-0.39, 0.29) is 36.7 Å². The monoisotopic (exact) mass is 467 g/mol. The van der Waals surface area contributed by atoms with Crippen LogP contribution >= 0.6 is 12.4 Å². The highest BCUT2D eigenvalue weighted by Gasteiger charge is 2.29. The first-order valence-corrected chi connectivity index (χ1v) is 11.1. The summed E-state index contributed by atoms with van der Waals surface area (Å²) in [5.74, 6) is -1.41. The zero-order chi connectivity index (χ0) is 21.8. The summed E-state index contributed by atoms with van der Waals surface area (Å²) in [7, 11) is 0.